The Hall–Kier alpha value is -0.940. The van der Waals surface area contributed by atoms with Crippen LogP contribution in [0.1, 0.15) is 37.8 Å². The summed E-state index contributed by atoms with van der Waals surface area (Å²) in [5, 5.41) is 3.55. The summed E-state index contributed by atoms with van der Waals surface area (Å²) in [5.41, 5.74) is 1.16. The lowest BCUT2D eigenvalue weighted by atomic mass is 10.2. The van der Waals surface area contributed by atoms with Gasteiger partial charge in [-0.05, 0) is 32.1 Å². The molecule has 0 aromatic carbocycles. The summed E-state index contributed by atoms with van der Waals surface area (Å²) in [6.07, 6.45) is 2.91. The van der Waals surface area contributed by atoms with Gasteiger partial charge in [0, 0.05) is 11.5 Å². The number of nitrogens with one attached hydrogen (secondary N) is 1. The van der Waals surface area contributed by atoms with Crippen molar-refractivity contribution in [1.82, 2.24) is 4.98 Å². The molecule has 0 radical (unpaired) electrons. The summed E-state index contributed by atoms with van der Waals surface area (Å²) >= 11 is 1.59. The van der Waals surface area contributed by atoms with Crippen molar-refractivity contribution in [3.05, 3.63) is 10.6 Å². The normalized spacial score (nSPS) is 15.8. The maximum absolute atomic E-state index is 11.9. The Morgan fingerprint density at radius 3 is 2.89 bits per heavy atom. The fraction of sp³-hybridized carbons (Fsp3) is 0.692. The molecule has 0 unspecified atom stereocenters. The van der Waals surface area contributed by atoms with Crippen LogP contribution in [-0.2, 0) is 22.4 Å². The molecule has 1 atom stereocenters. The number of carbonyl (C=O) groups is 1. The van der Waals surface area contributed by atoms with Crippen LogP contribution >= 0.6 is 11.3 Å². The fourth-order valence-electron chi connectivity index (χ4n) is 1.86. The maximum Gasteiger partial charge on any atom is 0.254 e. The molecule has 1 N–H and O–H groups in total. The van der Waals surface area contributed by atoms with E-state index in [4.69, 9.17) is 4.74 Å². The molecule has 0 aliphatic heterocycles. The second-order valence-electron chi connectivity index (χ2n) is 5.10. The molecule has 1 aliphatic carbocycles. The lowest BCUT2D eigenvalue weighted by molar-refractivity contribution is -0.126. The van der Waals surface area contributed by atoms with Crippen molar-refractivity contribution in [2.75, 3.05) is 11.9 Å². The molecular weight excluding hydrogens is 248 g/mol. The van der Waals surface area contributed by atoms with Crippen molar-refractivity contribution >= 4 is 22.4 Å². The Morgan fingerprint density at radius 2 is 2.22 bits per heavy atom. The molecule has 0 saturated carbocycles. The number of nitrogens with zero attached hydrogens (tertiary/aromatic N) is 1. The first-order valence-corrected chi connectivity index (χ1v) is 7.29. The summed E-state index contributed by atoms with van der Waals surface area (Å²) in [4.78, 5) is 17.6. The standard InChI is InChI=1S/C13H20N2O2S/c1-8(2)7-17-9(3)12(16)15-13-14-10-5-4-6-11(10)18-13/h8-9H,4-7H2,1-3H3,(H,14,15,16)/t9-/m1/s1. The van der Waals surface area contributed by atoms with Gasteiger partial charge in [0.1, 0.15) is 6.10 Å². The van der Waals surface area contributed by atoms with E-state index in [1.165, 1.54) is 11.3 Å². The van der Waals surface area contributed by atoms with Crippen molar-refractivity contribution < 1.29 is 9.53 Å². The number of anilines is 1. The van der Waals surface area contributed by atoms with E-state index in [2.05, 4.69) is 24.1 Å². The molecule has 0 fully saturated rings. The molecule has 0 spiro atoms. The lowest BCUT2D eigenvalue weighted by Gasteiger charge is -2.13. The molecule has 18 heavy (non-hydrogen) atoms. The minimum Gasteiger partial charge on any atom is -0.368 e. The van der Waals surface area contributed by atoms with Crippen molar-refractivity contribution in [2.24, 2.45) is 5.92 Å². The van der Waals surface area contributed by atoms with Crippen LogP contribution < -0.4 is 5.32 Å². The van der Waals surface area contributed by atoms with Crippen LogP contribution in [0.3, 0.4) is 0 Å². The molecule has 1 heterocycles. The average molecular weight is 268 g/mol. The minimum absolute atomic E-state index is 0.108. The molecule has 1 aliphatic rings. The molecule has 1 aromatic heterocycles. The number of aromatic nitrogens is 1. The van der Waals surface area contributed by atoms with Crippen molar-refractivity contribution in [3.63, 3.8) is 0 Å². The Morgan fingerprint density at radius 1 is 1.44 bits per heavy atom. The summed E-state index contributed by atoms with van der Waals surface area (Å²) in [5.74, 6) is 0.326. The highest BCUT2D eigenvalue weighted by atomic mass is 32.1. The van der Waals surface area contributed by atoms with Gasteiger partial charge in [0.25, 0.3) is 5.91 Å². The molecule has 0 bridgehead atoms. The molecule has 100 valence electrons. The first-order valence-electron chi connectivity index (χ1n) is 6.47. The fourth-order valence-corrected chi connectivity index (χ4v) is 2.92. The van der Waals surface area contributed by atoms with Crippen LogP contribution in [0.4, 0.5) is 5.13 Å². The number of hydrogen-bond donors (Lipinski definition) is 1. The van der Waals surface area contributed by atoms with E-state index in [-0.39, 0.29) is 5.91 Å². The maximum atomic E-state index is 11.9. The van der Waals surface area contributed by atoms with Gasteiger partial charge in [-0.2, -0.15) is 0 Å². The Labute approximate surface area is 112 Å². The summed E-state index contributed by atoms with van der Waals surface area (Å²) in [6, 6.07) is 0. The first kappa shape index (κ1) is 13.5. The van der Waals surface area contributed by atoms with Crippen molar-refractivity contribution in [2.45, 2.75) is 46.1 Å². The molecule has 1 amide bonds. The van der Waals surface area contributed by atoms with Crippen LogP contribution in [0.2, 0.25) is 0 Å². The molecule has 5 heteroatoms. The van der Waals surface area contributed by atoms with Gasteiger partial charge in [-0.15, -0.1) is 11.3 Å². The third kappa shape index (κ3) is 3.29. The van der Waals surface area contributed by atoms with Gasteiger partial charge in [0.15, 0.2) is 5.13 Å². The van der Waals surface area contributed by atoms with Gasteiger partial charge in [-0.25, -0.2) is 4.98 Å². The van der Waals surface area contributed by atoms with Gasteiger partial charge in [0.05, 0.1) is 5.69 Å². The summed E-state index contributed by atoms with van der Waals surface area (Å²) < 4.78 is 5.48. The van der Waals surface area contributed by atoms with Crippen molar-refractivity contribution in [3.8, 4) is 0 Å². The van der Waals surface area contributed by atoms with E-state index in [1.807, 2.05) is 0 Å². The predicted octanol–water partition coefficient (Wildman–Crippen LogP) is 2.63. The zero-order valence-electron chi connectivity index (χ0n) is 11.2. The van der Waals surface area contributed by atoms with Crippen LogP contribution in [0, 0.1) is 5.92 Å². The van der Waals surface area contributed by atoms with E-state index in [0.717, 1.165) is 18.5 Å². The molecule has 1 aromatic rings. The second-order valence-corrected chi connectivity index (χ2v) is 6.18. The molecular formula is C13H20N2O2S. The third-order valence-electron chi connectivity index (χ3n) is 2.87. The number of thiazole rings is 1. The van der Waals surface area contributed by atoms with Crippen LogP contribution in [0.25, 0.3) is 0 Å². The Bertz CT molecular complexity index is 407. The van der Waals surface area contributed by atoms with Crippen LogP contribution in [-0.4, -0.2) is 23.6 Å². The summed E-state index contributed by atoms with van der Waals surface area (Å²) in [7, 11) is 0. The van der Waals surface area contributed by atoms with E-state index in [0.29, 0.717) is 17.7 Å². The monoisotopic (exact) mass is 268 g/mol. The lowest BCUT2D eigenvalue weighted by Crippen LogP contribution is -2.28. The highest BCUT2D eigenvalue weighted by Crippen LogP contribution is 2.30. The van der Waals surface area contributed by atoms with Gasteiger partial charge in [-0.3, -0.25) is 10.1 Å². The number of rotatable bonds is 5. The molecule has 0 saturated heterocycles. The Kier molecular flexibility index (Phi) is 4.35. The smallest absolute Gasteiger partial charge is 0.254 e. The van der Waals surface area contributed by atoms with E-state index < -0.39 is 6.10 Å². The average Bonchev–Trinajstić information content (AvgIpc) is 2.85. The van der Waals surface area contributed by atoms with Crippen LogP contribution in [0.15, 0.2) is 0 Å². The van der Waals surface area contributed by atoms with Gasteiger partial charge in [-0.1, -0.05) is 13.8 Å². The largest absolute Gasteiger partial charge is 0.368 e. The number of aryl methyl sites for hydroxylation is 2. The van der Waals surface area contributed by atoms with Crippen LogP contribution in [0.5, 0.6) is 0 Å². The highest BCUT2D eigenvalue weighted by Gasteiger charge is 2.20. The topological polar surface area (TPSA) is 51.2 Å². The van der Waals surface area contributed by atoms with E-state index >= 15 is 0 Å². The summed E-state index contributed by atoms with van der Waals surface area (Å²) in [6.45, 7) is 6.51. The highest BCUT2D eigenvalue weighted by molar-refractivity contribution is 7.15. The molecule has 4 nitrogen and oxygen atoms in total. The number of carbonyl (C=O) groups excluding carboxylic acids is 1. The van der Waals surface area contributed by atoms with Gasteiger partial charge >= 0.3 is 0 Å². The zero-order chi connectivity index (χ0) is 13.1. The first-order chi connectivity index (χ1) is 8.56. The van der Waals surface area contributed by atoms with Gasteiger partial charge in [0.2, 0.25) is 0 Å². The quantitative estimate of drug-likeness (QED) is 0.893. The van der Waals surface area contributed by atoms with E-state index in [9.17, 15) is 4.79 Å². The number of amides is 1. The number of ether oxygens (including phenoxy) is 1. The van der Waals surface area contributed by atoms with Gasteiger partial charge < -0.3 is 4.74 Å². The van der Waals surface area contributed by atoms with Crippen molar-refractivity contribution in [1.29, 1.82) is 0 Å². The van der Waals surface area contributed by atoms with E-state index in [1.54, 1.807) is 18.3 Å². The minimum atomic E-state index is -0.425. The Balaban J connectivity index is 1.86. The predicted molar refractivity (Wildman–Crippen MR) is 73.0 cm³/mol. The zero-order valence-corrected chi connectivity index (χ0v) is 12.0. The second kappa shape index (κ2) is 5.80. The SMILES string of the molecule is CC(C)CO[C@H](C)C(=O)Nc1nc2c(s1)CCC2. The molecule has 2 rings (SSSR count). The third-order valence-corrected chi connectivity index (χ3v) is 3.95. The number of hydrogen-bond acceptors (Lipinski definition) is 4. The number of fused-ring (bicyclic) bond motifs is 1.